The molecule has 1 fully saturated rings. The standard InChI is InChI=1S/C14H12N4O2S2/c1-21-12-8(10(15)19)9-11(20)17-14(22-13(9)18-12)16-7-5-3-2-4-6-7/h2-6,9H,1H3,(H2,15,19)(H,16,17,20). The molecule has 1 aromatic rings. The van der Waals surface area contributed by atoms with Crippen molar-refractivity contribution in [3.05, 3.63) is 40.9 Å². The molecule has 2 heterocycles. The highest BCUT2D eigenvalue weighted by molar-refractivity contribution is 8.27. The van der Waals surface area contributed by atoms with E-state index >= 15 is 0 Å². The number of hydrogen-bond acceptors (Lipinski definition) is 6. The van der Waals surface area contributed by atoms with Gasteiger partial charge in [0.25, 0.3) is 0 Å². The number of amides is 2. The fraction of sp³-hybridized carbons (Fsp3) is 0.143. The quantitative estimate of drug-likeness (QED) is 0.879. The van der Waals surface area contributed by atoms with Gasteiger partial charge in [0.2, 0.25) is 11.8 Å². The lowest BCUT2D eigenvalue weighted by molar-refractivity contribution is -0.122. The Bertz CT molecular complexity index is 740. The van der Waals surface area contributed by atoms with E-state index in [9.17, 15) is 9.59 Å². The Morgan fingerprint density at radius 2 is 2.14 bits per heavy atom. The van der Waals surface area contributed by atoms with Gasteiger partial charge >= 0.3 is 0 Å². The van der Waals surface area contributed by atoms with Crippen molar-refractivity contribution in [1.82, 2.24) is 5.32 Å². The SMILES string of the molecule is CSC1=C(C(N)=O)C2C(=O)NC(=Nc3ccccc3)SC2=N1. The highest BCUT2D eigenvalue weighted by Crippen LogP contribution is 2.38. The number of fused-ring (bicyclic) bond motifs is 1. The molecule has 6 nitrogen and oxygen atoms in total. The van der Waals surface area contributed by atoms with Crippen LogP contribution in [0.3, 0.4) is 0 Å². The molecule has 2 amide bonds. The van der Waals surface area contributed by atoms with Gasteiger partial charge in [-0.25, -0.2) is 9.98 Å². The lowest BCUT2D eigenvalue weighted by Crippen LogP contribution is -2.44. The van der Waals surface area contributed by atoms with Gasteiger partial charge in [0.15, 0.2) is 5.17 Å². The molecule has 1 saturated heterocycles. The minimum Gasteiger partial charge on any atom is -0.366 e. The minimum absolute atomic E-state index is 0.256. The first-order chi connectivity index (χ1) is 10.6. The second-order valence-electron chi connectivity index (χ2n) is 4.51. The Morgan fingerprint density at radius 3 is 2.77 bits per heavy atom. The first-order valence-electron chi connectivity index (χ1n) is 6.39. The maximum Gasteiger partial charge on any atom is 0.248 e. The van der Waals surface area contributed by atoms with Gasteiger partial charge in [-0.3, -0.25) is 9.59 Å². The zero-order valence-corrected chi connectivity index (χ0v) is 13.2. The zero-order valence-electron chi connectivity index (χ0n) is 11.6. The highest BCUT2D eigenvalue weighted by atomic mass is 32.2. The lowest BCUT2D eigenvalue weighted by atomic mass is 10.0. The topological polar surface area (TPSA) is 96.9 Å². The van der Waals surface area contributed by atoms with Crippen molar-refractivity contribution >= 4 is 51.2 Å². The third-order valence-electron chi connectivity index (χ3n) is 3.12. The van der Waals surface area contributed by atoms with Crippen LogP contribution in [0, 0.1) is 5.92 Å². The molecule has 0 saturated carbocycles. The van der Waals surface area contributed by atoms with E-state index in [4.69, 9.17) is 5.73 Å². The summed E-state index contributed by atoms with van der Waals surface area (Å²) in [4.78, 5) is 32.6. The Kier molecular flexibility index (Phi) is 4.04. The predicted molar refractivity (Wildman–Crippen MR) is 89.9 cm³/mol. The predicted octanol–water partition coefficient (Wildman–Crippen LogP) is 1.63. The number of carbonyl (C=O) groups excluding carboxylic acids is 2. The average Bonchev–Trinajstić information content (AvgIpc) is 2.87. The van der Waals surface area contributed by atoms with Crippen LogP contribution >= 0.6 is 23.5 Å². The maximum atomic E-state index is 12.3. The van der Waals surface area contributed by atoms with Gasteiger partial charge in [0.1, 0.15) is 10.9 Å². The Morgan fingerprint density at radius 1 is 1.41 bits per heavy atom. The van der Waals surface area contributed by atoms with Crippen molar-refractivity contribution in [2.75, 3.05) is 6.26 Å². The van der Waals surface area contributed by atoms with E-state index in [2.05, 4.69) is 15.3 Å². The molecule has 3 N–H and O–H groups in total. The van der Waals surface area contributed by atoms with Crippen LogP contribution in [0.4, 0.5) is 5.69 Å². The number of amidine groups is 1. The molecular formula is C14H12N4O2S2. The molecule has 0 spiro atoms. The van der Waals surface area contributed by atoms with Gasteiger partial charge in [-0.05, 0) is 30.2 Å². The first-order valence-corrected chi connectivity index (χ1v) is 8.43. The molecule has 0 radical (unpaired) electrons. The summed E-state index contributed by atoms with van der Waals surface area (Å²) in [5.41, 5.74) is 6.38. The molecule has 22 heavy (non-hydrogen) atoms. The van der Waals surface area contributed by atoms with Crippen LogP contribution in [0.2, 0.25) is 0 Å². The van der Waals surface area contributed by atoms with Gasteiger partial charge in [-0.1, -0.05) is 18.2 Å². The second kappa shape index (κ2) is 5.98. The fourth-order valence-electron chi connectivity index (χ4n) is 2.17. The van der Waals surface area contributed by atoms with Crippen LogP contribution in [0.1, 0.15) is 0 Å². The van der Waals surface area contributed by atoms with Crippen molar-refractivity contribution in [3.63, 3.8) is 0 Å². The molecule has 2 aliphatic rings. The number of nitrogens with two attached hydrogens (primary N) is 1. The molecule has 0 aromatic heterocycles. The van der Waals surface area contributed by atoms with Gasteiger partial charge in [0.05, 0.1) is 16.3 Å². The van der Waals surface area contributed by atoms with Crippen LogP contribution in [-0.2, 0) is 9.59 Å². The van der Waals surface area contributed by atoms with Crippen molar-refractivity contribution < 1.29 is 9.59 Å². The molecule has 3 rings (SSSR count). The number of nitrogens with one attached hydrogen (secondary N) is 1. The lowest BCUT2D eigenvalue weighted by Gasteiger charge is -2.21. The van der Waals surface area contributed by atoms with Crippen molar-refractivity contribution in [2.24, 2.45) is 21.6 Å². The summed E-state index contributed by atoms with van der Waals surface area (Å²) < 4.78 is 0. The van der Waals surface area contributed by atoms with E-state index in [-0.39, 0.29) is 11.5 Å². The first kappa shape index (κ1) is 14.9. The Balaban J connectivity index is 1.92. The summed E-state index contributed by atoms with van der Waals surface area (Å²) in [6.45, 7) is 0. The van der Waals surface area contributed by atoms with E-state index in [0.29, 0.717) is 15.2 Å². The number of thioether (sulfide) groups is 2. The molecule has 0 aliphatic carbocycles. The molecule has 8 heteroatoms. The van der Waals surface area contributed by atoms with Crippen LogP contribution in [-0.4, -0.2) is 28.3 Å². The molecule has 1 unspecified atom stereocenters. The van der Waals surface area contributed by atoms with E-state index in [1.165, 1.54) is 23.5 Å². The summed E-state index contributed by atoms with van der Waals surface area (Å²) >= 11 is 2.55. The van der Waals surface area contributed by atoms with E-state index in [1.54, 1.807) is 6.26 Å². The minimum atomic E-state index is -0.723. The average molecular weight is 332 g/mol. The number of aliphatic imine (C=N–C) groups is 2. The summed E-state index contributed by atoms with van der Waals surface area (Å²) in [6, 6.07) is 9.29. The van der Waals surface area contributed by atoms with Crippen molar-refractivity contribution in [1.29, 1.82) is 0 Å². The summed E-state index contributed by atoms with van der Waals surface area (Å²) in [5, 5.41) is 4.18. The largest absolute Gasteiger partial charge is 0.366 e. The summed E-state index contributed by atoms with van der Waals surface area (Å²) in [6.07, 6.45) is 1.79. The van der Waals surface area contributed by atoms with E-state index in [1.807, 2.05) is 30.3 Å². The molecule has 1 atom stereocenters. The number of benzene rings is 1. The second-order valence-corrected chi connectivity index (χ2v) is 6.32. The third kappa shape index (κ3) is 2.67. The van der Waals surface area contributed by atoms with Gasteiger partial charge in [0, 0.05) is 0 Å². The number of para-hydroxylation sites is 1. The van der Waals surface area contributed by atoms with Crippen LogP contribution in [0.15, 0.2) is 50.9 Å². The van der Waals surface area contributed by atoms with E-state index < -0.39 is 11.8 Å². The normalized spacial score (nSPS) is 22.4. The highest BCUT2D eigenvalue weighted by Gasteiger charge is 2.42. The molecule has 112 valence electrons. The van der Waals surface area contributed by atoms with Crippen molar-refractivity contribution in [2.45, 2.75) is 0 Å². The number of primary amides is 1. The third-order valence-corrected chi connectivity index (χ3v) is 4.74. The van der Waals surface area contributed by atoms with Crippen molar-refractivity contribution in [3.8, 4) is 0 Å². The van der Waals surface area contributed by atoms with Crippen LogP contribution < -0.4 is 11.1 Å². The summed E-state index contributed by atoms with van der Waals surface area (Å²) in [7, 11) is 0. The summed E-state index contributed by atoms with van der Waals surface area (Å²) in [5.74, 6) is -1.67. The smallest absolute Gasteiger partial charge is 0.248 e. The Labute approximate surface area is 135 Å². The molecular weight excluding hydrogens is 320 g/mol. The number of hydrogen-bond donors (Lipinski definition) is 2. The number of carbonyl (C=O) groups is 2. The zero-order chi connectivity index (χ0) is 15.7. The maximum absolute atomic E-state index is 12.3. The van der Waals surface area contributed by atoms with Gasteiger partial charge in [-0.15, -0.1) is 11.8 Å². The number of rotatable bonds is 3. The Hall–Kier alpha value is -2.06. The molecule has 0 bridgehead atoms. The van der Waals surface area contributed by atoms with Gasteiger partial charge < -0.3 is 11.1 Å². The van der Waals surface area contributed by atoms with Gasteiger partial charge in [-0.2, -0.15) is 0 Å². The monoisotopic (exact) mass is 332 g/mol. The van der Waals surface area contributed by atoms with Crippen LogP contribution in [0.25, 0.3) is 0 Å². The number of nitrogens with zero attached hydrogens (tertiary/aromatic N) is 2. The van der Waals surface area contributed by atoms with Crippen LogP contribution in [0.5, 0.6) is 0 Å². The fourth-order valence-corrected chi connectivity index (χ4v) is 3.84. The van der Waals surface area contributed by atoms with E-state index in [0.717, 1.165) is 5.69 Å². The molecule has 1 aromatic carbocycles. The molecule has 2 aliphatic heterocycles.